The fourth-order valence-electron chi connectivity index (χ4n) is 3.46. The summed E-state index contributed by atoms with van der Waals surface area (Å²) in [4.78, 5) is 27.3. The minimum Gasteiger partial charge on any atom is -0.469 e. The predicted octanol–water partition coefficient (Wildman–Crippen LogP) is 3.84. The van der Waals surface area contributed by atoms with Crippen LogP contribution in [0.3, 0.4) is 0 Å². The van der Waals surface area contributed by atoms with Gasteiger partial charge in [0.05, 0.1) is 17.1 Å². The fraction of sp³-hybridized carbons (Fsp3) is 0.333. The molecule has 2 amide bonds. The maximum Gasteiger partial charge on any atom is 0.260 e. The molecule has 7 nitrogen and oxygen atoms in total. The molecular weight excluding hydrogens is 407 g/mol. The molecule has 3 heterocycles. The van der Waals surface area contributed by atoms with Crippen LogP contribution in [-0.4, -0.2) is 43.3 Å². The highest BCUT2D eigenvalue weighted by atomic mass is 32.2. The van der Waals surface area contributed by atoms with Crippen molar-refractivity contribution in [1.29, 1.82) is 0 Å². The highest BCUT2D eigenvalue weighted by Crippen LogP contribution is 2.32. The Labute approximate surface area is 177 Å². The Hall–Kier alpha value is -2.94. The number of benzene rings is 1. The van der Waals surface area contributed by atoms with Gasteiger partial charge in [0.15, 0.2) is 11.0 Å². The second kappa shape index (κ2) is 8.43. The molecule has 1 fully saturated rings. The second-order valence-electron chi connectivity index (χ2n) is 7.16. The van der Waals surface area contributed by atoms with E-state index in [4.69, 9.17) is 4.42 Å². The lowest BCUT2D eigenvalue weighted by Crippen LogP contribution is -2.41. The summed E-state index contributed by atoms with van der Waals surface area (Å²) in [5.41, 5.74) is 1.14. The smallest absolute Gasteiger partial charge is 0.260 e. The van der Waals surface area contributed by atoms with Crippen LogP contribution >= 0.6 is 11.8 Å². The zero-order chi connectivity index (χ0) is 21.3. The lowest BCUT2D eigenvalue weighted by molar-refractivity contribution is -0.127. The van der Waals surface area contributed by atoms with E-state index in [2.05, 4.69) is 10.2 Å². The van der Waals surface area contributed by atoms with Gasteiger partial charge < -0.3 is 8.98 Å². The monoisotopic (exact) mass is 428 g/mol. The van der Waals surface area contributed by atoms with E-state index in [0.29, 0.717) is 29.5 Å². The number of carbonyl (C=O) groups excluding carboxylic acids is 2. The number of hydrogen-bond donors (Lipinski definition) is 0. The molecule has 1 aromatic carbocycles. The average molecular weight is 428 g/mol. The molecule has 0 aliphatic carbocycles. The van der Waals surface area contributed by atoms with Gasteiger partial charge in [-0.1, -0.05) is 18.2 Å². The van der Waals surface area contributed by atoms with Gasteiger partial charge in [-0.3, -0.25) is 14.5 Å². The van der Waals surface area contributed by atoms with Crippen LogP contribution in [0.5, 0.6) is 0 Å². The zero-order valence-electron chi connectivity index (χ0n) is 16.7. The van der Waals surface area contributed by atoms with Crippen LogP contribution in [-0.2, 0) is 11.8 Å². The maximum absolute atomic E-state index is 13.2. The Balaban J connectivity index is 1.55. The number of halogens is 1. The minimum absolute atomic E-state index is 0.254. The van der Waals surface area contributed by atoms with Crippen LogP contribution in [0.4, 0.5) is 4.39 Å². The van der Waals surface area contributed by atoms with Gasteiger partial charge in [-0.25, -0.2) is 4.39 Å². The van der Waals surface area contributed by atoms with Crippen LogP contribution < -0.4 is 0 Å². The number of aryl methyl sites for hydroxylation is 1. The second-order valence-corrected chi connectivity index (χ2v) is 8.33. The number of likely N-dealkylation sites (tertiary alicyclic amines) is 1. The van der Waals surface area contributed by atoms with Crippen LogP contribution in [0.15, 0.2) is 46.2 Å². The van der Waals surface area contributed by atoms with Crippen molar-refractivity contribution in [3.8, 4) is 11.4 Å². The largest absolute Gasteiger partial charge is 0.469 e. The van der Waals surface area contributed by atoms with Gasteiger partial charge >= 0.3 is 0 Å². The number of thioether (sulfide) groups is 1. The molecule has 30 heavy (non-hydrogen) atoms. The van der Waals surface area contributed by atoms with Crippen molar-refractivity contribution in [2.24, 2.45) is 7.05 Å². The Morgan fingerprint density at radius 2 is 1.97 bits per heavy atom. The van der Waals surface area contributed by atoms with Gasteiger partial charge in [-0.2, -0.15) is 0 Å². The summed E-state index contributed by atoms with van der Waals surface area (Å²) < 4.78 is 20.4. The molecular formula is C21H21FN4O3S. The number of carbonyl (C=O) groups is 2. The van der Waals surface area contributed by atoms with Crippen LogP contribution in [0.1, 0.15) is 35.4 Å². The Kier molecular flexibility index (Phi) is 5.72. The first-order chi connectivity index (χ1) is 14.5. The lowest BCUT2D eigenvalue weighted by atomic mass is 10.2. The molecule has 0 unspecified atom stereocenters. The first kappa shape index (κ1) is 20.3. The van der Waals surface area contributed by atoms with Crippen molar-refractivity contribution in [1.82, 2.24) is 19.7 Å². The Morgan fingerprint density at radius 1 is 1.20 bits per heavy atom. The molecule has 1 aliphatic heterocycles. The van der Waals surface area contributed by atoms with Crippen LogP contribution in [0.2, 0.25) is 0 Å². The molecule has 3 aromatic rings. The summed E-state index contributed by atoms with van der Waals surface area (Å²) in [5.74, 6) is 0.317. The van der Waals surface area contributed by atoms with Gasteiger partial charge in [0.2, 0.25) is 5.91 Å². The first-order valence-corrected chi connectivity index (χ1v) is 10.6. The molecule has 1 aliphatic rings. The zero-order valence-corrected chi connectivity index (χ0v) is 17.5. The highest BCUT2D eigenvalue weighted by Gasteiger charge is 2.33. The first-order valence-electron chi connectivity index (χ1n) is 9.67. The van der Waals surface area contributed by atoms with Crippen molar-refractivity contribution in [2.75, 3.05) is 6.54 Å². The van der Waals surface area contributed by atoms with Gasteiger partial charge in [-0.15, -0.1) is 10.2 Å². The average Bonchev–Trinajstić information content (AvgIpc) is 3.26. The van der Waals surface area contributed by atoms with E-state index in [9.17, 15) is 14.0 Å². The highest BCUT2D eigenvalue weighted by molar-refractivity contribution is 8.00. The summed E-state index contributed by atoms with van der Waals surface area (Å²) in [5, 5.41) is 8.65. The third-order valence-corrected chi connectivity index (χ3v) is 6.45. The summed E-state index contributed by atoms with van der Waals surface area (Å²) in [6.45, 7) is 2.20. The van der Waals surface area contributed by atoms with Crippen molar-refractivity contribution >= 4 is 23.6 Å². The van der Waals surface area contributed by atoms with Crippen molar-refractivity contribution in [3.63, 3.8) is 0 Å². The van der Waals surface area contributed by atoms with E-state index in [1.165, 1.54) is 40.9 Å². The van der Waals surface area contributed by atoms with E-state index >= 15 is 0 Å². The number of imide groups is 1. The van der Waals surface area contributed by atoms with Gasteiger partial charge in [0.25, 0.3) is 5.91 Å². The fourth-order valence-corrected chi connectivity index (χ4v) is 4.56. The van der Waals surface area contributed by atoms with Gasteiger partial charge in [0.1, 0.15) is 11.6 Å². The normalized spacial score (nSPS) is 17.2. The quantitative estimate of drug-likeness (QED) is 0.588. The number of hydrogen-bond acceptors (Lipinski definition) is 6. The molecule has 0 N–H and O–H groups in total. The third-order valence-electron chi connectivity index (χ3n) is 5.16. The number of furan rings is 1. The van der Waals surface area contributed by atoms with E-state index in [1.54, 1.807) is 6.26 Å². The molecule has 1 atom stereocenters. The maximum atomic E-state index is 13.2. The number of nitrogens with zero attached hydrogens (tertiary/aromatic N) is 4. The van der Waals surface area contributed by atoms with E-state index in [0.717, 1.165) is 24.2 Å². The summed E-state index contributed by atoms with van der Waals surface area (Å²) in [6.07, 6.45) is 3.79. The van der Waals surface area contributed by atoms with E-state index < -0.39 is 17.0 Å². The number of aromatic nitrogens is 3. The Morgan fingerprint density at radius 3 is 2.67 bits per heavy atom. The van der Waals surface area contributed by atoms with Gasteiger partial charge in [0, 0.05) is 19.2 Å². The predicted molar refractivity (Wildman–Crippen MR) is 109 cm³/mol. The third kappa shape index (κ3) is 3.89. The van der Waals surface area contributed by atoms with Gasteiger partial charge in [-0.05, 0) is 50.1 Å². The molecule has 156 valence electrons. The minimum atomic E-state index is -0.446. The van der Waals surface area contributed by atoms with Crippen LogP contribution in [0, 0.1) is 12.7 Å². The Bertz CT molecular complexity index is 1080. The summed E-state index contributed by atoms with van der Waals surface area (Å²) in [7, 11) is 1.84. The number of rotatable bonds is 4. The lowest BCUT2D eigenvalue weighted by Gasteiger charge is -2.22. The molecule has 0 radical (unpaired) electrons. The standard InChI is InChI=1S/C21H21FN4O3S/c1-13-16(10-12-29-13)18-23-24-21(25(18)2)30-17-5-3-4-11-26(20(17)28)19(27)14-6-8-15(22)9-7-14/h6-10,12,17H,3-5,11H2,1-2H3/t17-/m0/s1. The SMILES string of the molecule is Cc1occc1-c1nnc(S[C@H]2CCCCN(C(=O)c3ccc(F)cc3)C2=O)n1C. The van der Waals surface area contributed by atoms with E-state index in [1.807, 2.05) is 24.6 Å². The molecule has 2 aromatic heterocycles. The summed E-state index contributed by atoms with van der Waals surface area (Å²) >= 11 is 1.31. The molecule has 0 spiro atoms. The molecule has 0 bridgehead atoms. The molecule has 4 rings (SSSR count). The molecule has 0 saturated carbocycles. The van der Waals surface area contributed by atoms with Crippen molar-refractivity contribution in [3.05, 3.63) is 53.7 Å². The van der Waals surface area contributed by atoms with Crippen molar-refractivity contribution in [2.45, 2.75) is 36.6 Å². The van der Waals surface area contributed by atoms with Crippen LogP contribution in [0.25, 0.3) is 11.4 Å². The summed E-state index contributed by atoms with van der Waals surface area (Å²) in [6, 6.07) is 7.08. The molecule has 9 heteroatoms. The van der Waals surface area contributed by atoms with E-state index in [-0.39, 0.29) is 5.91 Å². The number of amides is 2. The molecule has 1 saturated heterocycles. The van der Waals surface area contributed by atoms with Crippen molar-refractivity contribution < 1.29 is 18.4 Å². The topological polar surface area (TPSA) is 81.2 Å².